The highest BCUT2D eigenvalue weighted by molar-refractivity contribution is 5.98. The zero-order valence-corrected chi connectivity index (χ0v) is 16.6. The summed E-state index contributed by atoms with van der Waals surface area (Å²) in [6, 6.07) is 15.6. The lowest BCUT2D eigenvalue weighted by molar-refractivity contribution is -0.138. The molecular weight excluding hydrogens is 378 g/mol. The number of amides is 2. The van der Waals surface area contributed by atoms with Crippen molar-refractivity contribution in [1.29, 1.82) is 0 Å². The van der Waals surface area contributed by atoms with Gasteiger partial charge in [0, 0.05) is 42.6 Å². The summed E-state index contributed by atoms with van der Waals surface area (Å²) < 4.78 is 0. The minimum Gasteiger partial charge on any atom is -0.339 e. The summed E-state index contributed by atoms with van der Waals surface area (Å²) in [5.74, 6) is -0.0482. The van der Waals surface area contributed by atoms with Crippen LogP contribution in [0.1, 0.15) is 41.2 Å². The summed E-state index contributed by atoms with van der Waals surface area (Å²) >= 11 is 0. The lowest BCUT2D eigenvalue weighted by atomic mass is 9.94. The van der Waals surface area contributed by atoms with Crippen molar-refractivity contribution in [1.82, 2.24) is 20.1 Å². The molecule has 1 atom stereocenters. The van der Waals surface area contributed by atoms with Gasteiger partial charge in [0.1, 0.15) is 0 Å². The number of piperidine rings is 1. The van der Waals surface area contributed by atoms with E-state index in [1.165, 1.54) is 0 Å². The first-order valence-corrected chi connectivity index (χ1v) is 10.3. The first-order valence-electron chi connectivity index (χ1n) is 10.3. The summed E-state index contributed by atoms with van der Waals surface area (Å²) in [6.45, 7) is 1.15. The van der Waals surface area contributed by atoms with Crippen LogP contribution in [0.5, 0.6) is 0 Å². The van der Waals surface area contributed by atoms with Crippen LogP contribution in [0.25, 0.3) is 10.9 Å². The number of carbonyl (C=O) groups excluding carboxylic acids is 2. The molecule has 2 aliphatic heterocycles. The van der Waals surface area contributed by atoms with Crippen molar-refractivity contribution in [3.05, 3.63) is 65.9 Å². The average molecular weight is 401 g/mol. The molecule has 0 radical (unpaired) electrons. The SMILES string of the molecule is O=C(c1ccc2cn[nH]c2c1)N1CCC(C(=O)N2N=CCC2c2ccccc2)CC1. The smallest absolute Gasteiger partial charge is 0.253 e. The van der Waals surface area contributed by atoms with E-state index in [1.54, 1.807) is 11.2 Å². The second-order valence-corrected chi connectivity index (χ2v) is 7.88. The number of fused-ring (bicyclic) bond motifs is 1. The van der Waals surface area contributed by atoms with Crippen LogP contribution >= 0.6 is 0 Å². The second kappa shape index (κ2) is 7.74. The third kappa shape index (κ3) is 3.36. The quantitative estimate of drug-likeness (QED) is 0.731. The highest BCUT2D eigenvalue weighted by Crippen LogP contribution is 2.32. The van der Waals surface area contributed by atoms with Gasteiger partial charge in [-0.25, -0.2) is 5.01 Å². The van der Waals surface area contributed by atoms with Gasteiger partial charge < -0.3 is 4.90 Å². The van der Waals surface area contributed by atoms with E-state index >= 15 is 0 Å². The molecule has 1 fully saturated rings. The maximum Gasteiger partial charge on any atom is 0.253 e. The standard InChI is InChI=1S/C23H23N5O2/c29-22(18-6-7-19-15-24-26-20(19)14-18)27-12-9-17(10-13-27)23(30)28-21(8-11-25-28)16-4-2-1-3-5-16/h1-7,11,14-15,17,21H,8-10,12-13H2,(H,24,26). The summed E-state index contributed by atoms with van der Waals surface area (Å²) in [5.41, 5.74) is 2.60. The Morgan fingerprint density at radius 2 is 1.83 bits per heavy atom. The highest BCUT2D eigenvalue weighted by atomic mass is 16.2. The number of hydrogen-bond acceptors (Lipinski definition) is 4. The fraction of sp³-hybridized carbons (Fsp3) is 0.304. The number of hydrazone groups is 1. The van der Waals surface area contributed by atoms with E-state index in [4.69, 9.17) is 0 Å². The van der Waals surface area contributed by atoms with Crippen molar-refractivity contribution in [3.63, 3.8) is 0 Å². The zero-order valence-electron chi connectivity index (χ0n) is 16.6. The van der Waals surface area contributed by atoms with Crippen LogP contribution in [0, 0.1) is 5.92 Å². The molecule has 0 aliphatic carbocycles. The molecule has 7 nitrogen and oxygen atoms in total. The van der Waals surface area contributed by atoms with Gasteiger partial charge in [0.05, 0.1) is 17.8 Å². The summed E-state index contributed by atoms with van der Waals surface area (Å²) in [4.78, 5) is 27.9. The molecular formula is C23H23N5O2. The van der Waals surface area contributed by atoms with Crippen LogP contribution in [-0.4, -0.2) is 51.2 Å². The number of H-pyrrole nitrogens is 1. The highest BCUT2D eigenvalue weighted by Gasteiger charge is 2.35. The maximum atomic E-state index is 13.1. The molecule has 30 heavy (non-hydrogen) atoms. The van der Waals surface area contributed by atoms with Crippen LogP contribution < -0.4 is 0 Å². The summed E-state index contributed by atoms with van der Waals surface area (Å²) in [7, 11) is 0. The van der Waals surface area contributed by atoms with Gasteiger partial charge in [-0.2, -0.15) is 10.2 Å². The largest absolute Gasteiger partial charge is 0.339 e. The number of carbonyl (C=O) groups is 2. The van der Waals surface area contributed by atoms with Crippen molar-refractivity contribution in [2.24, 2.45) is 11.0 Å². The third-order valence-corrected chi connectivity index (χ3v) is 6.06. The monoisotopic (exact) mass is 401 g/mol. The van der Waals surface area contributed by atoms with Crippen molar-refractivity contribution in [2.75, 3.05) is 13.1 Å². The van der Waals surface area contributed by atoms with Crippen LogP contribution in [-0.2, 0) is 4.79 Å². The average Bonchev–Trinajstić information content (AvgIpc) is 3.48. The molecule has 2 aliphatic rings. The molecule has 2 aromatic carbocycles. The van der Waals surface area contributed by atoms with Gasteiger partial charge in [-0.1, -0.05) is 36.4 Å². The van der Waals surface area contributed by atoms with Crippen LogP contribution in [0.3, 0.4) is 0 Å². The molecule has 1 aromatic heterocycles. The number of aromatic nitrogens is 2. The van der Waals surface area contributed by atoms with Gasteiger partial charge in [0.25, 0.3) is 5.91 Å². The Bertz CT molecular complexity index is 1100. The summed E-state index contributed by atoms with van der Waals surface area (Å²) in [5, 5.41) is 13.9. The molecule has 2 amide bonds. The van der Waals surface area contributed by atoms with E-state index in [9.17, 15) is 9.59 Å². The molecule has 0 bridgehead atoms. The van der Waals surface area contributed by atoms with Crippen LogP contribution in [0.2, 0.25) is 0 Å². The Labute approximate surface area is 174 Å². The molecule has 152 valence electrons. The topological polar surface area (TPSA) is 81.7 Å². The lowest BCUT2D eigenvalue weighted by Gasteiger charge is -2.34. The fourth-order valence-electron chi connectivity index (χ4n) is 4.35. The van der Waals surface area contributed by atoms with E-state index in [1.807, 2.05) is 59.6 Å². The molecule has 1 N–H and O–H groups in total. The molecule has 0 saturated carbocycles. The molecule has 1 unspecified atom stereocenters. The minimum absolute atomic E-state index is 0.00115. The van der Waals surface area contributed by atoms with Gasteiger partial charge in [-0.3, -0.25) is 14.7 Å². The number of aromatic amines is 1. The van der Waals surface area contributed by atoms with Crippen LogP contribution in [0.4, 0.5) is 0 Å². The Hall–Kier alpha value is -3.48. The molecule has 3 heterocycles. The van der Waals surface area contributed by atoms with Crippen molar-refractivity contribution in [3.8, 4) is 0 Å². The summed E-state index contributed by atoms with van der Waals surface area (Å²) in [6.07, 6.45) is 5.61. The van der Waals surface area contributed by atoms with Crippen molar-refractivity contribution >= 4 is 28.9 Å². The molecule has 3 aromatic rings. The van der Waals surface area contributed by atoms with E-state index < -0.39 is 0 Å². The number of nitrogens with zero attached hydrogens (tertiary/aromatic N) is 4. The van der Waals surface area contributed by atoms with Gasteiger partial charge in [-0.15, -0.1) is 0 Å². The predicted molar refractivity (Wildman–Crippen MR) is 114 cm³/mol. The second-order valence-electron chi connectivity index (χ2n) is 7.88. The van der Waals surface area contributed by atoms with Gasteiger partial charge in [0.2, 0.25) is 5.91 Å². The molecule has 1 saturated heterocycles. The Morgan fingerprint density at radius 3 is 2.63 bits per heavy atom. The number of rotatable bonds is 3. The first-order chi connectivity index (χ1) is 14.7. The Morgan fingerprint density at radius 1 is 1.03 bits per heavy atom. The van der Waals surface area contributed by atoms with Crippen molar-refractivity contribution < 1.29 is 9.59 Å². The van der Waals surface area contributed by atoms with Crippen molar-refractivity contribution in [2.45, 2.75) is 25.3 Å². The lowest BCUT2D eigenvalue weighted by Crippen LogP contribution is -2.43. The van der Waals surface area contributed by atoms with Gasteiger partial charge in [-0.05, 0) is 30.5 Å². The number of likely N-dealkylation sites (tertiary alicyclic amines) is 1. The van der Waals surface area contributed by atoms with Gasteiger partial charge >= 0.3 is 0 Å². The predicted octanol–water partition coefficient (Wildman–Crippen LogP) is 3.37. The Balaban J connectivity index is 1.23. The van der Waals surface area contributed by atoms with E-state index in [2.05, 4.69) is 15.3 Å². The van der Waals surface area contributed by atoms with E-state index in [-0.39, 0.29) is 23.8 Å². The molecule has 0 spiro atoms. The number of nitrogens with one attached hydrogen (secondary N) is 1. The molecule has 5 rings (SSSR count). The fourth-order valence-corrected chi connectivity index (χ4v) is 4.35. The van der Waals surface area contributed by atoms with E-state index in [0.29, 0.717) is 31.5 Å². The molecule has 7 heteroatoms. The van der Waals surface area contributed by atoms with E-state index in [0.717, 1.165) is 22.9 Å². The third-order valence-electron chi connectivity index (χ3n) is 6.06. The number of benzene rings is 2. The zero-order chi connectivity index (χ0) is 20.5. The Kier molecular flexibility index (Phi) is 4.78. The maximum absolute atomic E-state index is 13.1. The van der Waals surface area contributed by atoms with Crippen LogP contribution in [0.15, 0.2) is 59.8 Å². The normalized spacial score (nSPS) is 19.5. The van der Waals surface area contributed by atoms with Gasteiger partial charge in [0.15, 0.2) is 0 Å². The minimum atomic E-state index is -0.106. The number of hydrogen-bond donors (Lipinski definition) is 1. The first kappa shape index (κ1) is 18.5.